The normalized spacial score (nSPS) is 10.6. The van der Waals surface area contributed by atoms with E-state index in [1.165, 1.54) is 16.0 Å². The first kappa shape index (κ1) is 13.5. The summed E-state index contributed by atoms with van der Waals surface area (Å²) in [6.07, 6.45) is 0.182. The number of nitrogens with zero attached hydrogens (tertiary/aromatic N) is 2. The van der Waals surface area contributed by atoms with Crippen LogP contribution in [0.15, 0.2) is 28.4 Å². The van der Waals surface area contributed by atoms with Gasteiger partial charge < -0.3 is 5.11 Å². The summed E-state index contributed by atoms with van der Waals surface area (Å²) >= 11 is 1.54. The molecule has 0 aliphatic heterocycles. The highest BCUT2D eigenvalue weighted by Crippen LogP contribution is 2.22. The maximum atomic E-state index is 12.0. The number of hydrogen-bond acceptors (Lipinski definition) is 4. The quantitative estimate of drug-likeness (QED) is 0.908. The summed E-state index contributed by atoms with van der Waals surface area (Å²) in [5.41, 5.74) is 1.02. The van der Waals surface area contributed by atoms with Crippen LogP contribution in [-0.2, 0) is 17.8 Å². The Labute approximate surface area is 114 Å². The first-order chi connectivity index (χ1) is 9.11. The van der Waals surface area contributed by atoms with E-state index in [1.54, 1.807) is 6.07 Å². The molecule has 0 radical (unpaired) electrons. The largest absolute Gasteiger partial charge is 0.481 e. The van der Waals surface area contributed by atoms with Gasteiger partial charge in [0.15, 0.2) is 0 Å². The molecule has 0 spiro atoms. The van der Waals surface area contributed by atoms with Gasteiger partial charge in [0, 0.05) is 18.5 Å². The van der Waals surface area contributed by atoms with E-state index in [1.807, 2.05) is 24.4 Å². The molecule has 6 heteroatoms. The smallest absolute Gasteiger partial charge is 0.303 e. The molecule has 1 N–H and O–H groups in total. The van der Waals surface area contributed by atoms with Crippen molar-refractivity contribution >= 4 is 17.3 Å². The van der Waals surface area contributed by atoms with E-state index in [4.69, 9.17) is 5.11 Å². The van der Waals surface area contributed by atoms with Crippen molar-refractivity contribution in [2.24, 2.45) is 0 Å². The molecule has 2 aromatic rings. The fourth-order valence-corrected chi connectivity index (χ4v) is 2.46. The van der Waals surface area contributed by atoms with Crippen molar-refractivity contribution in [1.29, 1.82) is 0 Å². The zero-order valence-electron chi connectivity index (χ0n) is 10.5. The number of aromatic nitrogens is 2. The number of carboxylic acids is 1. The summed E-state index contributed by atoms with van der Waals surface area (Å²) in [4.78, 5) is 23.6. The van der Waals surface area contributed by atoms with Crippen LogP contribution in [0, 0.1) is 0 Å². The molecule has 0 fully saturated rings. The van der Waals surface area contributed by atoms with E-state index >= 15 is 0 Å². The lowest BCUT2D eigenvalue weighted by atomic mass is 10.1. The van der Waals surface area contributed by atoms with E-state index < -0.39 is 5.97 Å². The van der Waals surface area contributed by atoms with Gasteiger partial charge in [-0.3, -0.25) is 9.59 Å². The number of rotatable bonds is 5. The first-order valence-electron chi connectivity index (χ1n) is 5.98. The Balaban J connectivity index is 2.44. The Morgan fingerprint density at radius 1 is 1.53 bits per heavy atom. The maximum absolute atomic E-state index is 12.0. The Kier molecular flexibility index (Phi) is 4.11. The van der Waals surface area contributed by atoms with Gasteiger partial charge in [-0.15, -0.1) is 11.3 Å². The minimum Gasteiger partial charge on any atom is -0.481 e. The summed E-state index contributed by atoms with van der Waals surface area (Å²) in [6.45, 7) is 2.31. The van der Waals surface area contributed by atoms with E-state index in [0.29, 0.717) is 12.1 Å². The second-order valence-electron chi connectivity index (χ2n) is 4.05. The lowest BCUT2D eigenvalue weighted by Crippen LogP contribution is -2.26. The number of aryl methyl sites for hydroxylation is 2. The molecule has 2 heterocycles. The molecule has 0 bridgehead atoms. The third-order valence-corrected chi connectivity index (χ3v) is 3.62. The van der Waals surface area contributed by atoms with Crippen LogP contribution in [0.2, 0.25) is 0 Å². The second-order valence-corrected chi connectivity index (χ2v) is 4.99. The van der Waals surface area contributed by atoms with E-state index in [0.717, 1.165) is 10.6 Å². The van der Waals surface area contributed by atoms with Gasteiger partial charge in [-0.25, -0.2) is 4.68 Å². The van der Waals surface area contributed by atoms with Crippen molar-refractivity contribution in [3.63, 3.8) is 0 Å². The molecule has 0 aliphatic rings. The van der Waals surface area contributed by atoms with Gasteiger partial charge in [-0.05, 0) is 30.9 Å². The Hall–Kier alpha value is -1.95. The van der Waals surface area contributed by atoms with E-state index in [2.05, 4.69) is 5.10 Å². The van der Waals surface area contributed by atoms with Crippen LogP contribution < -0.4 is 5.56 Å². The Morgan fingerprint density at radius 3 is 2.89 bits per heavy atom. The molecule has 0 atom stereocenters. The van der Waals surface area contributed by atoms with Crippen molar-refractivity contribution in [1.82, 2.24) is 9.78 Å². The van der Waals surface area contributed by atoms with E-state index in [-0.39, 0.29) is 18.4 Å². The molecular weight excluding hydrogens is 264 g/mol. The third-order valence-electron chi connectivity index (χ3n) is 2.73. The summed E-state index contributed by atoms with van der Waals surface area (Å²) in [7, 11) is 0. The average Bonchev–Trinajstić information content (AvgIpc) is 2.91. The lowest BCUT2D eigenvalue weighted by Gasteiger charge is -2.07. The summed E-state index contributed by atoms with van der Waals surface area (Å²) in [6, 6.07) is 5.54. The van der Waals surface area contributed by atoms with Gasteiger partial charge in [0.25, 0.3) is 5.56 Å². The van der Waals surface area contributed by atoms with Gasteiger partial charge in [0.05, 0.1) is 4.88 Å². The third kappa shape index (κ3) is 3.08. The number of carbonyl (C=O) groups is 1. The van der Waals surface area contributed by atoms with Crippen LogP contribution >= 0.6 is 11.3 Å². The van der Waals surface area contributed by atoms with Gasteiger partial charge in [-0.1, -0.05) is 6.07 Å². The molecule has 0 saturated heterocycles. The van der Waals surface area contributed by atoms with Crippen LogP contribution in [0.5, 0.6) is 0 Å². The van der Waals surface area contributed by atoms with Gasteiger partial charge in [0.2, 0.25) is 0 Å². The molecule has 2 aromatic heterocycles. The Bertz CT molecular complexity index is 632. The highest BCUT2D eigenvalue weighted by atomic mass is 32.1. The van der Waals surface area contributed by atoms with Crippen LogP contribution in [0.3, 0.4) is 0 Å². The number of hydrogen-bond donors (Lipinski definition) is 1. The minimum atomic E-state index is -0.906. The molecule has 0 saturated carbocycles. The molecule has 2 rings (SSSR count). The SMILES string of the molecule is CCn1nc(-c2cccs2)cc(CCC(=O)O)c1=O. The van der Waals surface area contributed by atoms with Gasteiger partial charge >= 0.3 is 5.97 Å². The molecule has 5 nitrogen and oxygen atoms in total. The summed E-state index contributed by atoms with van der Waals surface area (Å²) < 4.78 is 1.38. The Morgan fingerprint density at radius 2 is 2.32 bits per heavy atom. The molecule has 0 aliphatic carbocycles. The maximum Gasteiger partial charge on any atom is 0.303 e. The van der Waals surface area contributed by atoms with Crippen molar-refractivity contribution < 1.29 is 9.90 Å². The standard InChI is InChI=1S/C13H14N2O3S/c1-2-15-13(18)9(5-6-12(16)17)8-10(14-15)11-4-3-7-19-11/h3-4,7-8H,2,5-6H2,1H3,(H,16,17). The number of aliphatic carboxylic acids is 1. The molecule has 19 heavy (non-hydrogen) atoms. The average molecular weight is 278 g/mol. The van der Waals surface area contributed by atoms with Crippen LogP contribution in [0.25, 0.3) is 10.6 Å². The van der Waals surface area contributed by atoms with Crippen molar-refractivity contribution in [2.45, 2.75) is 26.3 Å². The van der Waals surface area contributed by atoms with E-state index in [9.17, 15) is 9.59 Å². The fraction of sp³-hybridized carbons (Fsp3) is 0.308. The molecular formula is C13H14N2O3S. The van der Waals surface area contributed by atoms with Crippen molar-refractivity contribution in [2.75, 3.05) is 0 Å². The molecule has 0 unspecified atom stereocenters. The molecule has 0 amide bonds. The van der Waals surface area contributed by atoms with Crippen LogP contribution in [0.4, 0.5) is 0 Å². The van der Waals surface area contributed by atoms with Crippen LogP contribution in [0.1, 0.15) is 18.9 Å². The summed E-state index contributed by atoms with van der Waals surface area (Å²) in [5.74, 6) is -0.906. The number of thiophene rings is 1. The zero-order valence-corrected chi connectivity index (χ0v) is 11.3. The lowest BCUT2D eigenvalue weighted by molar-refractivity contribution is -0.136. The highest BCUT2D eigenvalue weighted by Gasteiger charge is 2.11. The van der Waals surface area contributed by atoms with Gasteiger partial charge in [0.1, 0.15) is 5.69 Å². The monoisotopic (exact) mass is 278 g/mol. The minimum absolute atomic E-state index is 0.0488. The highest BCUT2D eigenvalue weighted by molar-refractivity contribution is 7.13. The van der Waals surface area contributed by atoms with Crippen LogP contribution in [-0.4, -0.2) is 20.9 Å². The van der Waals surface area contributed by atoms with Crippen molar-refractivity contribution in [3.8, 4) is 10.6 Å². The predicted molar refractivity (Wildman–Crippen MR) is 73.4 cm³/mol. The second kappa shape index (κ2) is 5.79. The topological polar surface area (TPSA) is 72.2 Å². The predicted octanol–water partition coefficient (Wildman–Crippen LogP) is 2.01. The summed E-state index contributed by atoms with van der Waals surface area (Å²) in [5, 5.41) is 15.0. The zero-order chi connectivity index (χ0) is 13.8. The molecule has 100 valence electrons. The molecule has 0 aromatic carbocycles. The van der Waals surface area contributed by atoms with Crippen molar-refractivity contribution in [3.05, 3.63) is 39.5 Å². The van der Waals surface area contributed by atoms with Gasteiger partial charge in [-0.2, -0.15) is 5.10 Å². The fourth-order valence-electron chi connectivity index (χ4n) is 1.78. The number of carboxylic acid groups (broad SMARTS) is 1. The first-order valence-corrected chi connectivity index (χ1v) is 6.86.